The standard InChI is InChI=1S/C19H17N3O4S/c23-19(21-16-6-3-14-2-1-9-20-18(14)12-16)15-4-7-17(8-5-15)22-13-26-10-11-27(22,24)25/h1-9,12H,10-11,13H2,(H,21,23). The predicted molar refractivity (Wildman–Crippen MR) is 103 cm³/mol. The normalized spacial score (nSPS) is 16.2. The zero-order valence-corrected chi connectivity index (χ0v) is 15.1. The topological polar surface area (TPSA) is 88.6 Å². The van der Waals surface area contributed by atoms with Gasteiger partial charge in [-0.2, -0.15) is 0 Å². The number of rotatable bonds is 3. The van der Waals surface area contributed by atoms with Crippen molar-refractivity contribution in [2.45, 2.75) is 0 Å². The molecule has 0 aliphatic carbocycles. The lowest BCUT2D eigenvalue weighted by atomic mass is 10.1. The Bertz CT molecular complexity index is 1100. The van der Waals surface area contributed by atoms with E-state index in [0.717, 1.165) is 10.9 Å². The van der Waals surface area contributed by atoms with E-state index in [-0.39, 0.29) is 25.0 Å². The van der Waals surface area contributed by atoms with E-state index in [0.29, 0.717) is 16.9 Å². The summed E-state index contributed by atoms with van der Waals surface area (Å²) >= 11 is 0. The molecule has 0 saturated carbocycles. The third kappa shape index (κ3) is 3.62. The fourth-order valence-electron chi connectivity index (χ4n) is 2.86. The summed E-state index contributed by atoms with van der Waals surface area (Å²) in [6.45, 7) is 0.178. The highest BCUT2D eigenvalue weighted by Gasteiger charge is 2.26. The molecular weight excluding hydrogens is 366 g/mol. The van der Waals surface area contributed by atoms with Crippen molar-refractivity contribution in [3.8, 4) is 0 Å². The molecule has 0 radical (unpaired) electrons. The molecule has 1 fully saturated rings. The molecule has 0 unspecified atom stereocenters. The van der Waals surface area contributed by atoms with E-state index in [2.05, 4.69) is 10.3 Å². The first-order valence-electron chi connectivity index (χ1n) is 8.37. The van der Waals surface area contributed by atoms with E-state index in [4.69, 9.17) is 4.74 Å². The fourth-order valence-corrected chi connectivity index (χ4v) is 4.09. The van der Waals surface area contributed by atoms with Crippen LogP contribution in [-0.4, -0.2) is 38.4 Å². The van der Waals surface area contributed by atoms with E-state index in [9.17, 15) is 13.2 Å². The number of amides is 1. The molecule has 1 N–H and O–H groups in total. The second-order valence-corrected chi connectivity index (χ2v) is 8.13. The van der Waals surface area contributed by atoms with Crippen molar-refractivity contribution < 1.29 is 17.9 Å². The molecule has 0 spiro atoms. The van der Waals surface area contributed by atoms with Crippen molar-refractivity contribution in [3.63, 3.8) is 0 Å². The highest BCUT2D eigenvalue weighted by molar-refractivity contribution is 7.92. The summed E-state index contributed by atoms with van der Waals surface area (Å²) in [5.41, 5.74) is 2.33. The minimum absolute atomic E-state index is 0.0159. The largest absolute Gasteiger partial charge is 0.359 e. The highest BCUT2D eigenvalue weighted by atomic mass is 32.2. The highest BCUT2D eigenvalue weighted by Crippen LogP contribution is 2.22. The van der Waals surface area contributed by atoms with Crippen LogP contribution in [0.2, 0.25) is 0 Å². The second-order valence-electron chi connectivity index (χ2n) is 6.11. The SMILES string of the molecule is O=C(Nc1ccc2cccnc2c1)c1ccc(N2COCCS2(=O)=O)cc1. The van der Waals surface area contributed by atoms with E-state index in [1.54, 1.807) is 36.5 Å². The molecule has 27 heavy (non-hydrogen) atoms. The van der Waals surface area contributed by atoms with Crippen LogP contribution in [0.25, 0.3) is 10.9 Å². The summed E-state index contributed by atoms with van der Waals surface area (Å²) in [6, 6.07) is 15.7. The van der Waals surface area contributed by atoms with Gasteiger partial charge < -0.3 is 10.1 Å². The van der Waals surface area contributed by atoms with Gasteiger partial charge in [-0.25, -0.2) is 12.7 Å². The van der Waals surface area contributed by atoms with Crippen LogP contribution in [0.5, 0.6) is 0 Å². The minimum Gasteiger partial charge on any atom is -0.359 e. The third-order valence-corrected chi connectivity index (χ3v) is 5.98. The molecule has 7 nitrogen and oxygen atoms in total. The molecule has 1 aliphatic heterocycles. The van der Waals surface area contributed by atoms with Crippen LogP contribution in [0.1, 0.15) is 10.4 Å². The number of sulfonamides is 1. The molecular formula is C19H17N3O4S. The van der Waals surface area contributed by atoms with Gasteiger partial charge in [0.1, 0.15) is 6.73 Å². The van der Waals surface area contributed by atoms with E-state index in [1.165, 1.54) is 4.31 Å². The van der Waals surface area contributed by atoms with Gasteiger partial charge in [-0.05, 0) is 42.5 Å². The van der Waals surface area contributed by atoms with Crippen LogP contribution in [0.15, 0.2) is 60.8 Å². The second kappa shape index (κ2) is 6.98. The molecule has 138 valence electrons. The van der Waals surface area contributed by atoms with Gasteiger partial charge in [-0.1, -0.05) is 12.1 Å². The van der Waals surface area contributed by atoms with E-state index < -0.39 is 10.0 Å². The van der Waals surface area contributed by atoms with Crippen molar-refractivity contribution >= 4 is 38.2 Å². The summed E-state index contributed by atoms with van der Waals surface area (Å²) < 4.78 is 30.6. The quantitative estimate of drug-likeness (QED) is 0.751. The van der Waals surface area contributed by atoms with Crippen molar-refractivity contribution in [2.75, 3.05) is 28.7 Å². The van der Waals surface area contributed by atoms with Crippen LogP contribution < -0.4 is 9.62 Å². The first kappa shape index (κ1) is 17.4. The van der Waals surface area contributed by atoms with E-state index in [1.807, 2.05) is 24.3 Å². The van der Waals surface area contributed by atoms with Gasteiger partial charge in [-0.15, -0.1) is 0 Å². The number of benzene rings is 2. The van der Waals surface area contributed by atoms with Crippen LogP contribution in [0.4, 0.5) is 11.4 Å². The molecule has 2 heterocycles. The molecule has 0 bridgehead atoms. The maximum absolute atomic E-state index is 12.5. The molecule has 2 aromatic carbocycles. The van der Waals surface area contributed by atoms with Gasteiger partial charge in [0.15, 0.2) is 0 Å². The van der Waals surface area contributed by atoms with Crippen molar-refractivity contribution in [1.82, 2.24) is 4.98 Å². The Balaban J connectivity index is 1.52. The maximum Gasteiger partial charge on any atom is 0.255 e. The molecule has 1 aliphatic rings. The number of aromatic nitrogens is 1. The number of carbonyl (C=O) groups excluding carboxylic acids is 1. The Morgan fingerprint density at radius 3 is 2.70 bits per heavy atom. The Morgan fingerprint density at radius 1 is 1.11 bits per heavy atom. The summed E-state index contributed by atoms with van der Waals surface area (Å²) in [6.07, 6.45) is 1.70. The van der Waals surface area contributed by atoms with Crippen molar-refractivity contribution in [3.05, 3.63) is 66.4 Å². The number of fused-ring (bicyclic) bond motifs is 1. The number of nitrogens with one attached hydrogen (secondary N) is 1. The number of pyridine rings is 1. The van der Waals surface area contributed by atoms with Crippen LogP contribution >= 0.6 is 0 Å². The third-order valence-electron chi connectivity index (χ3n) is 4.31. The van der Waals surface area contributed by atoms with Crippen LogP contribution in [0, 0.1) is 0 Å². The first-order chi connectivity index (χ1) is 13.0. The van der Waals surface area contributed by atoms with Gasteiger partial charge >= 0.3 is 0 Å². The van der Waals surface area contributed by atoms with Gasteiger partial charge in [0.05, 0.1) is 23.6 Å². The summed E-state index contributed by atoms with van der Waals surface area (Å²) in [7, 11) is -3.38. The summed E-state index contributed by atoms with van der Waals surface area (Å²) in [5, 5.41) is 3.82. The summed E-state index contributed by atoms with van der Waals surface area (Å²) in [5.74, 6) is -0.333. The zero-order valence-electron chi connectivity index (χ0n) is 14.3. The monoisotopic (exact) mass is 383 g/mol. The molecule has 1 aromatic heterocycles. The number of nitrogens with zero attached hydrogens (tertiary/aromatic N) is 2. The van der Waals surface area contributed by atoms with Crippen LogP contribution in [0.3, 0.4) is 0 Å². The number of carbonyl (C=O) groups is 1. The van der Waals surface area contributed by atoms with Crippen LogP contribution in [-0.2, 0) is 14.8 Å². The average molecular weight is 383 g/mol. The average Bonchev–Trinajstić information content (AvgIpc) is 2.68. The van der Waals surface area contributed by atoms with E-state index >= 15 is 0 Å². The van der Waals surface area contributed by atoms with Crippen molar-refractivity contribution in [1.29, 1.82) is 0 Å². The van der Waals surface area contributed by atoms with Gasteiger partial charge in [0, 0.05) is 22.8 Å². The number of ether oxygens (including phenoxy) is 1. The summed E-state index contributed by atoms with van der Waals surface area (Å²) in [4.78, 5) is 16.8. The molecule has 1 amide bonds. The Kier molecular flexibility index (Phi) is 4.51. The lowest BCUT2D eigenvalue weighted by Crippen LogP contribution is -2.41. The first-order valence-corrected chi connectivity index (χ1v) is 9.98. The Labute approximate surface area is 156 Å². The lowest BCUT2D eigenvalue weighted by molar-refractivity contribution is 0.102. The molecule has 3 aromatic rings. The Morgan fingerprint density at radius 2 is 1.93 bits per heavy atom. The predicted octanol–water partition coefficient (Wildman–Crippen LogP) is 2.61. The maximum atomic E-state index is 12.5. The zero-order chi connectivity index (χ0) is 18.9. The minimum atomic E-state index is -3.38. The number of anilines is 2. The fraction of sp³-hybridized carbons (Fsp3) is 0.158. The molecule has 1 saturated heterocycles. The van der Waals surface area contributed by atoms with Crippen molar-refractivity contribution in [2.24, 2.45) is 0 Å². The lowest BCUT2D eigenvalue weighted by Gasteiger charge is -2.28. The molecule has 8 heteroatoms. The van der Waals surface area contributed by atoms with Gasteiger partial charge in [0.2, 0.25) is 10.0 Å². The number of hydrogen-bond donors (Lipinski definition) is 1. The Hall–Kier alpha value is -2.97. The molecule has 0 atom stereocenters. The molecule has 4 rings (SSSR count). The van der Waals surface area contributed by atoms with Gasteiger partial charge in [0.25, 0.3) is 5.91 Å². The number of hydrogen-bond acceptors (Lipinski definition) is 5. The van der Waals surface area contributed by atoms with Gasteiger partial charge in [-0.3, -0.25) is 9.78 Å². The smallest absolute Gasteiger partial charge is 0.255 e.